The SMILES string of the molecule is O=Cc1nc(OC(F)(F)F)c(C(F)(F)F)cc1F. The molecule has 0 unspecified atom stereocenters. The van der Waals surface area contributed by atoms with Crippen LogP contribution in [-0.2, 0) is 6.18 Å². The van der Waals surface area contributed by atoms with E-state index >= 15 is 0 Å². The molecule has 0 aliphatic carbocycles. The summed E-state index contributed by atoms with van der Waals surface area (Å²) < 4.78 is 88.3. The molecule has 0 amide bonds. The van der Waals surface area contributed by atoms with Gasteiger partial charge in [0.2, 0.25) is 5.88 Å². The molecule has 18 heavy (non-hydrogen) atoms. The number of nitrogens with zero attached hydrogens (tertiary/aromatic N) is 1. The highest BCUT2D eigenvalue weighted by Gasteiger charge is 2.41. The molecule has 10 heteroatoms. The van der Waals surface area contributed by atoms with Crippen LogP contribution in [0.4, 0.5) is 30.7 Å². The monoisotopic (exact) mass is 277 g/mol. The highest BCUT2D eigenvalue weighted by Crippen LogP contribution is 2.37. The van der Waals surface area contributed by atoms with Gasteiger partial charge >= 0.3 is 12.5 Å². The van der Waals surface area contributed by atoms with Crippen molar-refractivity contribution >= 4 is 6.29 Å². The summed E-state index contributed by atoms with van der Waals surface area (Å²) in [5.41, 5.74) is -3.29. The van der Waals surface area contributed by atoms with E-state index < -0.39 is 35.5 Å². The van der Waals surface area contributed by atoms with Gasteiger partial charge in [-0.05, 0) is 6.07 Å². The summed E-state index contributed by atoms with van der Waals surface area (Å²) >= 11 is 0. The maximum absolute atomic E-state index is 12.9. The molecule has 0 aromatic carbocycles. The first-order valence-electron chi connectivity index (χ1n) is 4.03. The summed E-state index contributed by atoms with van der Waals surface area (Å²) in [6, 6.07) is -0.294. The summed E-state index contributed by atoms with van der Waals surface area (Å²) in [6.45, 7) is 0. The molecule has 1 rings (SSSR count). The zero-order valence-corrected chi connectivity index (χ0v) is 8.06. The van der Waals surface area contributed by atoms with Gasteiger partial charge in [0.25, 0.3) is 0 Å². The van der Waals surface area contributed by atoms with Gasteiger partial charge in [-0.3, -0.25) is 4.79 Å². The minimum Gasteiger partial charge on any atom is -0.387 e. The predicted molar refractivity (Wildman–Crippen MR) is 41.3 cm³/mol. The molecule has 0 radical (unpaired) electrons. The third kappa shape index (κ3) is 3.31. The molecule has 1 heterocycles. The molecule has 0 atom stereocenters. The lowest BCUT2D eigenvalue weighted by molar-refractivity contribution is -0.278. The van der Waals surface area contributed by atoms with Crippen LogP contribution in [0.1, 0.15) is 16.1 Å². The first-order chi connectivity index (χ1) is 8.04. The second-order valence-electron chi connectivity index (χ2n) is 2.87. The van der Waals surface area contributed by atoms with Gasteiger partial charge in [0, 0.05) is 0 Å². The third-order valence-corrected chi connectivity index (χ3v) is 1.60. The van der Waals surface area contributed by atoms with Crippen LogP contribution in [0.15, 0.2) is 6.07 Å². The summed E-state index contributed by atoms with van der Waals surface area (Å²) in [6.07, 6.45) is -11.1. The van der Waals surface area contributed by atoms with Crippen LogP contribution >= 0.6 is 0 Å². The van der Waals surface area contributed by atoms with Crippen LogP contribution in [0, 0.1) is 5.82 Å². The maximum atomic E-state index is 12.9. The molecule has 1 aromatic heterocycles. The molecule has 0 aliphatic heterocycles. The Hall–Kier alpha value is -1.87. The number of rotatable bonds is 2. The van der Waals surface area contributed by atoms with Crippen LogP contribution in [-0.4, -0.2) is 17.6 Å². The Labute approximate surface area is 94.2 Å². The van der Waals surface area contributed by atoms with E-state index in [1.807, 2.05) is 0 Å². The van der Waals surface area contributed by atoms with Crippen LogP contribution in [0.3, 0.4) is 0 Å². The van der Waals surface area contributed by atoms with E-state index in [-0.39, 0.29) is 12.4 Å². The first-order valence-corrected chi connectivity index (χ1v) is 4.03. The van der Waals surface area contributed by atoms with Crippen LogP contribution in [0.25, 0.3) is 0 Å². The Balaban J connectivity index is 3.40. The Morgan fingerprint density at radius 3 is 2.11 bits per heavy atom. The number of hydrogen-bond acceptors (Lipinski definition) is 3. The van der Waals surface area contributed by atoms with E-state index in [0.717, 1.165) is 0 Å². The standard InChI is InChI=1S/C8H2F7NO2/c9-4-1-3(7(10,11)12)6(16-5(4)2-17)18-8(13,14)15/h1-2H. The van der Waals surface area contributed by atoms with Crippen molar-refractivity contribution in [3.05, 3.63) is 23.1 Å². The van der Waals surface area contributed by atoms with Gasteiger partial charge in [-0.2, -0.15) is 13.2 Å². The van der Waals surface area contributed by atoms with Crippen LogP contribution in [0.5, 0.6) is 5.88 Å². The zero-order valence-electron chi connectivity index (χ0n) is 8.06. The summed E-state index contributed by atoms with van der Waals surface area (Å²) in [5, 5.41) is 0. The quantitative estimate of drug-likeness (QED) is 0.616. The first kappa shape index (κ1) is 14.2. The average molecular weight is 277 g/mol. The minimum absolute atomic E-state index is 0.294. The molecule has 100 valence electrons. The van der Waals surface area contributed by atoms with Crippen molar-refractivity contribution in [2.45, 2.75) is 12.5 Å². The van der Waals surface area contributed by atoms with E-state index in [4.69, 9.17) is 0 Å². The Bertz CT molecular complexity index is 466. The number of pyridine rings is 1. The van der Waals surface area contributed by atoms with Crippen LogP contribution < -0.4 is 4.74 Å². The number of ether oxygens (including phenoxy) is 1. The van der Waals surface area contributed by atoms with Gasteiger partial charge in [0.15, 0.2) is 12.1 Å². The lowest BCUT2D eigenvalue weighted by Gasteiger charge is -2.14. The Morgan fingerprint density at radius 1 is 1.17 bits per heavy atom. The molecular weight excluding hydrogens is 275 g/mol. The molecule has 0 fully saturated rings. The number of alkyl halides is 6. The molecular formula is C8H2F7NO2. The van der Waals surface area contributed by atoms with Crippen molar-refractivity contribution in [2.75, 3.05) is 0 Å². The number of aldehydes is 1. The fourth-order valence-electron chi connectivity index (χ4n) is 0.959. The largest absolute Gasteiger partial charge is 0.574 e. The second-order valence-corrected chi connectivity index (χ2v) is 2.87. The molecule has 0 bridgehead atoms. The lowest BCUT2D eigenvalue weighted by Crippen LogP contribution is -2.22. The van der Waals surface area contributed by atoms with Gasteiger partial charge in [-0.25, -0.2) is 9.37 Å². The summed E-state index contributed by atoms with van der Waals surface area (Å²) in [5.74, 6) is -3.63. The highest BCUT2D eigenvalue weighted by atomic mass is 19.4. The Morgan fingerprint density at radius 2 is 1.72 bits per heavy atom. The van der Waals surface area contributed by atoms with E-state index in [2.05, 4.69) is 9.72 Å². The minimum atomic E-state index is -5.45. The molecule has 1 aromatic rings. The fourth-order valence-corrected chi connectivity index (χ4v) is 0.959. The topological polar surface area (TPSA) is 39.2 Å². The smallest absolute Gasteiger partial charge is 0.387 e. The number of aromatic nitrogens is 1. The molecule has 0 aliphatic rings. The molecule has 0 N–H and O–H groups in total. The maximum Gasteiger partial charge on any atom is 0.574 e. The number of hydrogen-bond donors (Lipinski definition) is 0. The van der Waals surface area contributed by atoms with Crippen molar-refractivity contribution in [1.29, 1.82) is 0 Å². The average Bonchev–Trinajstić information content (AvgIpc) is 2.16. The van der Waals surface area contributed by atoms with E-state index in [9.17, 15) is 35.5 Å². The zero-order chi connectivity index (χ0) is 14.1. The summed E-state index contributed by atoms with van der Waals surface area (Å²) in [4.78, 5) is 12.7. The van der Waals surface area contributed by atoms with Gasteiger partial charge in [-0.1, -0.05) is 0 Å². The highest BCUT2D eigenvalue weighted by molar-refractivity contribution is 5.72. The van der Waals surface area contributed by atoms with Crippen molar-refractivity contribution < 1.29 is 40.3 Å². The lowest BCUT2D eigenvalue weighted by atomic mass is 10.2. The fraction of sp³-hybridized carbons (Fsp3) is 0.250. The molecule has 0 spiro atoms. The van der Waals surface area contributed by atoms with Crippen molar-refractivity contribution in [2.24, 2.45) is 0 Å². The van der Waals surface area contributed by atoms with E-state index in [1.165, 1.54) is 0 Å². The summed E-state index contributed by atoms with van der Waals surface area (Å²) in [7, 11) is 0. The van der Waals surface area contributed by atoms with Crippen LogP contribution in [0.2, 0.25) is 0 Å². The number of carbonyl (C=O) groups excluding carboxylic acids is 1. The molecule has 3 nitrogen and oxygen atoms in total. The van der Waals surface area contributed by atoms with Gasteiger partial charge in [-0.15, -0.1) is 13.2 Å². The number of carbonyl (C=O) groups is 1. The van der Waals surface area contributed by atoms with Gasteiger partial charge < -0.3 is 4.74 Å². The van der Waals surface area contributed by atoms with Crippen molar-refractivity contribution in [3.8, 4) is 5.88 Å². The predicted octanol–water partition coefficient (Wildman–Crippen LogP) is 2.95. The van der Waals surface area contributed by atoms with Gasteiger partial charge in [0.05, 0.1) is 0 Å². The normalized spacial score (nSPS) is 12.4. The van der Waals surface area contributed by atoms with Crippen molar-refractivity contribution in [3.63, 3.8) is 0 Å². The van der Waals surface area contributed by atoms with E-state index in [1.54, 1.807) is 0 Å². The molecule has 0 saturated heterocycles. The number of halogens is 7. The Kier molecular flexibility index (Phi) is 3.49. The third-order valence-electron chi connectivity index (χ3n) is 1.60. The van der Waals surface area contributed by atoms with Crippen molar-refractivity contribution in [1.82, 2.24) is 4.98 Å². The second kappa shape index (κ2) is 4.42. The molecule has 0 saturated carbocycles. The van der Waals surface area contributed by atoms with E-state index in [0.29, 0.717) is 0 Å². The van der Waals surface area contributed by atoms with Gasteiger partial charge in [0.1, 0.15) is 11.3 Å².